The van der Waals surface area contributed by atoms with Gasteiger partial charge in [0.1, 0.15) is 0 Å². The second kappa shape index (κ2) is 9.89. The number of esters is 1. The van der Waals surface area contributed by atoms with Crippen molar-refractivity contribution in [2.45, 2.75) is 12.5 Å². The van der Waals surface area contributed by atoms with E-state index < -0.39 is 36.5 Å². The van der Waals surface area contributed by atoms with Crippen LogP contribution in [0.1, 0.15) is 28.4 Å². The molecule has 4 amide bonds. The quantitative estimate of drug-likeness (QED) is 0.657. The van der Waals surface area contributed by atoms with Crippen molar-refractivity contribution < 1.29 is 23.9 Å². The van der Waals surface area contributed by atoms with E-state index in [0.29, 0.717) is 17.1 Å². The summed E-state index contributed by atoms with van der Waals surface area (Å²) in [6.45, 7) is 0.0463. The van der Waals surface area contributed by atoms with Gasteiger partial charge in [-0.1, -0.05) is 54.1 Å². The van der Waals surface area contributed by atoms with E-state index >= 15 is 0 Å². The van der Waals surface area contributed by atoms with Crippen LogP contribution in [0.3, 0.4) is 0 Å². The van der Waals surface area contributed by atoms with Crippen LogP contribution < -0.4 is 10.6 Å². The number of urea groups is 1. The van der Waals surface area contributed by atoms with E-state index in [1.165, 1.54) is 0 Å². The molecular formula is C21H20ClN3O5. The molecule has 0 saturated carbocycles. The van der Waals surface area contributed by atoms with E-state index in [1.807, 2.05) is 6.07 Å². The maximum absolute atomic E-state index is 12.7. The Morgan fingerprint density at radius 1 is 1.10 bits per heavy atom. The lowest BCUT2D eigenvalue weighted by atomic mass is 10.0. The summed E-state index contributed by atoms with van der Waals surface area (Å²) in [7, 11) is 0. The van der Waals surface area contributed by atoms with Crippen LogP contribution in [0.25, 0.3) is 0 Å². The highest BCUT2D eigenvalue weighted by atomic mass is 35.5. The zero-order valence-corrected chi connectivity index (χ0v) is 16.7. The van der Waals surface area contributed by atoms with Gasteiger partial charge in [-0.15, -0.1) is 0 Å². The van der Waals surface area contributed by atoms with Crippen LogP contribution >= 0.6 is 11.6 Å². The molecule has 0 spiro atoms. The van der Waals surface area contributed by atoms with Gasteiger partial charge in [-0.2, -0.15) is 0 Å². The van der Waals surface area contributed by atoms with Gasteiger partial charge in [0.15, 0.2) is 6.61 Å². The highest BCUT2D eigenvalue weighted by molar-refractivity contribution is 6.33. The highest BCUT2D eigenvalue weighted by Gasteiger charge is 2.27. The number of nitrogens with one attached hydrogen (secondary N) is 2. The number of halogens is 1. The number of hydrogen-bond acceptors (Lipinski definition) is 5. The lowest BCUT2D eigenvalue weighted by Gasteiger charge is -2.19. The molecule has 156 valence electrons. The third-order valence-corrected chi connectivity index (χ3v) is 4.84. The second-order valence-electron chi connectivity index (χ2n) is 6.56. The summed E-state index contributed by atoms with van der Waals surface area (Å²) in [5, 5.41) is 5.58. The Kier molecular flexibility index (Phi) is 7.03. The van der Waals surface area contributed by atoms with Crippen LogP contribution in [0.2, 0.25) is 5.02 Å². The van der Waals surface area contributed by atoms with Crippen LogP contribution in [-0.4, -0.2) is 48.4 Å². The van der Waals surface area contributed by atoms with Gasteiger partial charge in [-0.05, 0) is 17.7 Å². The summed E-state index contributed by atoms with van der Waals surface area (Å²) in [5.74, 6) is -1.72. The fraction of sp³-hybridized carbons (Fsp3) is 0.238. The molecular weight excluding hydrogens is 410 g/mol. The number of nitrogens with zero attached hydrogens (tertiary/aromatic N) is 1. The number of rotatable bonds is 7. The summed E-state index contributed by atoms with van der Waals surface area (Å²) < 4.78 is 5.04. The predicted octanol–water partition coefficient (Wildman–Crippen LogP) is 2.30. The first-order valence-corrected chi connectivity index (χ1v) is 9.67. The maximum atomic E-state index is 12.7. The number of imide groups is 1. The van der Waals surface area contributed by atoms with Crippen LogP contribution in [0.5, 0.6) is 0 Å². The Bertz CT molecular complexity index is 951. The van der Waals surface area contributed by atoms with Gasteiger partial charge in [0.05, 0.1) is 23.0 Å². The predicted molar refractivity (Wildman–Crippen MR) is 109 cm³/mol. The molecule has 1 saturated heterocycles. The van der Waals surface area contributed by atoms with Crippen LogP contribution in [0, 0.1) is 0 Å². The van der Waals surface area contributed by atoms with Gasteiger partial charge in [0.25, 0.3) is 11.8 Å². The molecule has 0 aromatic heterocycles. The zero-order chi connectivity index (χ0) is 21.5. The molecule has 2 N–H and O–H groups in total. The van der Waals surface area contributed by atoms with E-state index in [2.05, 4.69) is 10.6 Å². The van der Waals surface area contributed by atoms with E-state index in [4.69, 9.17) is 16.3 Å². The summed E-state index contributed by atoms with van der Waals surface area (Å²) in [6.07, 6.45) is -0.195. The molecule has 2 aromatic carbocycles. The number of amides is 4. The third-order valence-electron chi connectivity index (χ3n) is 4.51. The zero-order valence-electron chi connectivity index (χ0n) is 16.0. The molecule has 1 aliphatic rings. The fourth-order valence-corrected chi connectivity index (χ4v) is 3.20. The van der Waals surface area contributed by atoms with Gasteiger partial charge in [0, 0.05) is 13.1 Å². The topological polar surface area (TPSA) is 105 Å². The molecule has 1 fully saturated rings. The van der Waals surface area contributed by atoms with Gasteiger partial charge in [-0.25, -0.2) is 4.79 Å². The monoisotopic (exact) mass is 429 g/mol. The molecule has 0 unspecified atom stereocenters. The normalized spacial score (nSPS) is 14.0. The first-order chi connectivity index (χ1) is 14.5. The van der Waals surface area contributed by atoms with Crippen molar-refractivity contribution in [1.82, 2.24) is 15.5 Å². The minimum absolute atomic E-state index is 0.195. The molecule has 30 heavy (non-hydrogen) atoms. The van der Waals surface area contributed by atoms with Crippen LogP contribution in [0.15, 0.2) is 54.6 Å². The van der Waals surface area contributed by atoms with Gasteiger partial charge >= 0.3 is 12.0 Å². The third kappa shape index (κ3) is 5.36. The molecule has 1 heterocycles. The molecule has 9 heteroatoms. The van der Waals surface area contributed by atoms with Crippen LogP contribution in [0.4, 0.5) is 4.79 Å². The fourth-order valence-electron chi connectivity index (χ4n) is 2.97. The molecule has 0 radical (unpaired) electrons. The standard InChI is InChI=1S/C21H20ClN3O5/c22-16-9-5-4-8-15(16)20(28)24-17(14-6-2-1-3-7-14)12-19(27)30-13-18(26)25-11-10-23-21(25)29/h1-9,17H,10-13H2,(H,23,29)(H,24,28)/t17-/m1/s1. The first-order valence-electron chi connectivity index (χ1n) is 9.30. The maximum Gasteiger partial charge on any atom is 0.324 e. The number of carbonyl (C=O) groups excluding carboxylic acids is 4. The number of benzene rings is 2. The number of hydrogen-bond donors (Lipinski definition) is 2. The second-order valence-corrected chi connectivity index (χ2v) is 6.97. The smallest absolute Gasteiger partial charge is 0.324 e. The molecule has 1 aliphatic heterocycles. The molecule has 2 aromatic rings. The Labute approximate surface area is 178 Å². The molecule has 1 atom stereocenters. The average molecular weight is 430 g/mol. The van der Waals surface area contributed by atoms with E-state index in [-0.39, 0.29) is 18.5 Å². The van der Waals surface area contributed by atoms with Gasteiger partial charge in [0.2, 0.25) is 0 Å². The van der Waals surface area contributed by atoms with Crippen LogP contribution in [-0.2, 0) is 14.3 Å². The van der Waals surface area contributed by atoms with E-state index in [0.717, 1.165) is 4.90 Å². The Morgan fingerprint density at radius 3 is 2.47 bits per heavy atom. The minimum atomic E-state index is -0.687. The summed E-state index contributed by atoms with van der Waals surface area (Å²) >= 11 is 6.09. The molecule has 8 nitrogen and oxygen atoms in total. The lowest BCUT2D eigenvalue weighted by Crippen LogP contribution is -2.37. The van der Waals surface area contributed by atoms with E-state index in [1.54, 1.807) is 48.5 Å². The average Bonchev–Trinajstić information content (AvgIpc) is 3.18. The molecule has 3 rings (SSSR count). The Morgan fingerprint density at radius 2 is 1.80 bits per heavy atom. The van der Waals surface area contributed by atoms with E-state index in [9.17, 15) is 19.2 Å². The minimum Gasteiger partial charge on any atom is -0.455 e. The Balaban J connectivity index is 1.65. The summed E-state index contributed by atoms with van der Waals surface area (Å²) in [5.41, 5.74) is 0.976. The highest BCUT2D eigenvalue weighted by Crippen LogP contribution is 2.20. The summed E-state index contributed by atoms with van der Waals surface area (Å²) in [4.78, 5) is 49.5. The van der Waals surface area contributed by atoms with Crippen molar-refractivity contribution in [3.63, 3.8) is 0 Å². The van der Waals surface area contributed by atoms with Crippen molar-refractivity contribution in [1.29, 1.82) is 0 Å². The van der Waals surface area contributed by atoms with Crippen molar-refractivity contribution in [3.8, 4) is 0 Å². The van der Waals surface area contributed by atoms with Gasteiger partial charge < -0.3 is 15.4 Å². The summed E-state index contributed by atoms with van der Waals surface area (Å²) in [6, 6.07) is 14.3. The number of ether oxygens (including phenoxy) is 1. The van der Waals surface area contributed by atoms with Crippen molar-refractivity contribution in [2.75, 3.05) is 19.7 Å². The molecule has 0 aliphatic carbocycles. The SMILES string of the molecule is O=C(C[C@@H](NC(=O)c1ccccc1Cl)c1ccccc1)OCC(=O)N1CCNC1=O. The largest absolute Gasteiger partial charge is 0.455 e. The van der Waals surface area contributed by atoms with Crippen molar-refractivity contribution in [3.05, 3.63) is 70.7 Å². The lowest BCUT2D eigenvalue weighted by molar-refractivity contribution is -0.151. The Hall–Kier alpha value is -3.39. The van der Waals surface area contributed by atoms with Crippen molar-refractivity contribution in [2.24, 2.45) is 0 Å². The number of carbonyl (C=O) groups is 4. The molecule has 0 bridgehead atoms. The van der Waals surface area contributed by atoms with Crippen molar-refractivity contribution >= 4 is 35.4 Å². The van der Waals surface area contributed by atoms with Gasteiger partial charge in [-0.3, -0.25) is 19.3 Å². The first kappa shape index (κ1) is 21.3.